The average Bonchev–Trinajstić information content (AvgIpc) is 3.55. The second-order valence-corrected chi connectivity index (χ2v) is 13.7. The van der Waals surface area contributed by atoms with E-state index in [0.29, 0.717) is 12.8 Å². The number of nitrogens with zero attached hydrogens (tertiary/aromatic N) is 2. The Morgan fingerprint density at radius 1 is 1.20 bits per heavy atom. The van der Waals surface area contributed by atoms with Crippen molar-refractivity contribution in [3.05, 3.63) is 67.8 Å². The number of carbonyl (C=O) groups is 3. The van der Waals surface area contributed by atoms with Gasteiger partial charge in [-0.15, -0.1) is 18.3 Å². The van der Waals surface area contributed by atoms with E-state index in [1.54, 1.807) is 27.6 Å². The summed E-state index contributed by atoms with van der Waals surface area (Å²) in [4.78, 5) is 46.2. The molecule has 7 atom stereocenters. The molecule has 2 amide bonds. The van der Waals surface area contributed by atoms with Crippen molar-refractivity contribution in [1.29, 1.82) is 0 Å². The lowest BCUT2D eigenvalue weighted by Crippen LogP contribution is -2.58. The van der Waals surface area contributed by atoms with E-state index in [2.05, 4.69) is 13.2 Å². The number of anilines is 1. The van der Waals surface area contributed by atoms with Crippen LogP contribution in [0.25, 0.3) is 10.8 Å². The van der Waals surface area contributed by atoms with E-state index in [1.165, 1.54) is 6.08 Å². The molecule has 0 aromatic heterocycles. The third-order valence-corrected chi connectivity index (χ3v) is 11.5. The highest BCUT2D eigenvalue weighted by Gasteiger charge is 2.78. The Bertz CT molecular complexity index is 1380. The fourth-order valence-electron chi connectivity index (χ4n) is 7.35. The molecule has 3 heterocycles. The number of rotatable bonds is 11. The molecule has 2 aromatic carbocycles. The average molecular weight is 577 g/mol. The predicted molar refractivity (Wildman–Crippen MR) is 164 cm³/mol. The molecule has 5 rings (SSSR count). The van der Waals surface area contributed by atoms with Gasteiger partial charge in [-0.2, -0.15) is 0 Å². The van der Waals surface area contributed by atoms with Gasteiger partial charge in [-0.3, -0.25) is 14.4 Å². The molecule has 2 unspecified atom stereocenters. The molecule has 3 aliphatic heterocycles. The molecular formula is C33H40N2O5S. The number of thioether (sulfide) groups is 1. The lowest BCUT2D eigenvalue weighted by molar-refractivity contribution is -0.155. The van der Waals surface area contributed by atoms with Gasteiger partial charge in [-0.1, -0.05) is 69.3 Å². The van der Waals surface area contributed by atoms with Crippen LogP contribution in [0, 0.1) is 17.8 Å². The summed E-state index contributed by atoms with van der Waals surface area (Å²) in [6.45, 7) is 13.7. The number of benzene rings is 2. The van der Waals surface area contributed by atoms with Gasteiger partial charge in [0.2, 0.25) is 5.91 Å². The van der Waals surface area contributed by atoms with Gasteiger partial charge in [0, 0.05) is 17.0 Å². The third kappa shape index (κ3) is 4.59. The first kappa shape index (κ1) is 29.4. The quantitative estimate of drug-likeness (QED) is 0.300. The third-order valence-electron chi connectivity index (χ3n) is 9.51. The zero-order valence-corrected chi connectivity index (χ0v) is 24.9. The van der Waals surface area contributed by atoms with Crippen LogP contribution in [0.5, 0.6) is 0 Å². The zero-order valence-electron chi connectivity index (χ0n) is 24.1. The summed E-state index contributed by atoms with van der Waals surface area (Å²) in [5.41, 5.74) is 0.718. The van der Waals surface area contributed by atoms with E-state index < -0.39 is 39.4 Å². The van der Waals surface area contributed by atoms with Crippen molar-refractivity contribution in [2.45, 2.75) is 61.6 Å². The SMILES string of the molecule is C=CCOC(=O)[C@H]1[C@H]2C(=O)N([C@@H](CO)[C@@H](C)CC)C(C(=O)N(CC=C)c3ccc4ccccc4c3)C23CC[C@]1(C)S3. The Hall–Kier alpha value is -3.10. The molecule has 3 saturated heterocycles. The molecular weight excluding hydrogens is 536 g/mol. The van der Waals surface area contributed by atoms with Crippen molar-refractivity contribution in [2.24, 2.45) is 17.8 Å². The van der Waals surface area contributed by atoms with Crippen molar-refractivity contribution in [3.8, 4) is 0 Å². The predicted octanol–water partition coefficient (Wildman–Crippen LogP) is 4.98. The summed E-state index contributed by atoms with van der Waals surface area (Å²) >= 11 is 1.60. The molecule has 218 valence electrons. The van der Waals surface area contributed by atoms with E-state index in [9.17, 15) is 19.5 Å². The fraction of sp³-hybridized carbons (Fsp3) is 0.485. The van der Waals surface area contributed by atoms with Gasteiger partial charge in [0.1, 0.15) is 12.6 Å². The van der Waals surface area contributed by atoms with E-state index in [0.717, 1.165) is 22.9 Å². The highest BCUT2D eigenvalue weighted by molar-refractivity contribution is 8.02. The van der Waals surface area contributed by atoms with Crippen LogP contribution >= 0.6 is 11.8 Å². The van der Waals surface area contributed by atoms with Gasteiger partial charge >= 0.3 is 5.97 Å². The number of aliphatic hydroxyl groups excluding tert-OH is 1. The topological polar surface area (TPSA) is 87.1 Å². The van der Waals surface area contributed by atoms with Crippen molar-refractivity contribution in [1.82, 2.24) is 4.90 Å². The minimum Gasteiger partial charge on any atom is -0.461 e. The Labute approximate surface area is 246 Å². The molecule has 8 heteroatoms. The fourth-order valence-corrected chi connectivity index (χ4v) is 9.67. The Morgan fingerprint density at radius 2 is 1.93 bits per heavy atom. The van der Waals surface area contributed by atoms with E-state index in [1.807, 2.05) is 63.2 Å². The highest BCUT2D eigenvalue weighted by atomic mass is 32.2. The van der Waals surface area contributed by atoms with Gasteiger partial charge in [0.25, 0.3) is 5.91 Å². The number of aliphatic hydroxyl groups is 1. The standard InChI is InChI=1S/C33H40N2O5S/c1-6-17-34(24-14-13-22-11-9-10-12-23(22)19-24)30(38)28-33-16-15-32(5,41-33)27(31(39)40-18-7-2)26(33)29(37)35(28)25(20-36)21(4)8-3/h6-7,9-14,19,21,25-28,36H,1-2,8,15-18,20H2,3-5H3/t21-,25-,26-,27+,28?,32-,33?/m0/s1. The minimum atomic E-state index is -0.846. The molecule has 0 aliphatic carbocycles. The number of hydrogen-bond acceptors (Lipinski definition) is 6. The van der Waals surface area contributed by atoms with E-state index >= 15 is 0 Å². The molecule has 3 fully saturated rings. The Kier molecular flexibility index (Phi) is 8.09. The first-order chi connectivity index (χ1) is 19.7. The second-order valence-electron chi connectivity index (χ2n) is 11.8. The van der Waals surface area contributed by atoms with Gasteiger partial charge in [-0.05, 0) is 48.6 Å². The van der Waals surface area contributed by atoms with Crippen LogP contribution in [0.15, 0.2) is 67.8 Å². The van der Waals surface area contributed by atoms with Crippen LogP contribution in [0.1, 0.15) is 40.0 Å². The maximum absolute atomic E-state index is 14.9. The van der Waals surface area contributed by atoms with Crippen LogP contribution < -0.4 is 4.90 Å². The summed E-state index contributed by atoms with van der Waals surface area (Å²) in [5.74, 6) is -2.32. The highest BCUT2D eigenvalue weighted by Crippen LogP contribution is 2.72. The van der Waals surface area contributed by atoms with Crippen LogP contribution in [0.3, 0.4) is 0 Å². The van der Waals surface area contributed by atoms with Crippen molar-refractivity contribution in [2.75, 3.05) is 24.7 Å². The lowest BCUT2D eigenvalue weighted by atomic mass is 9.66. The first-order valence-corrected chi connectivity index (χ1v) is 15.3. The van der Waals surface area contributed by atoms with Gasteiger partial charge in [0.05, 0.1) is 29.2 Å². The number of carbonyl (C=O) groups excluding carboxylic acids is 3. The molecule has 2 bridgehead atoms. The summed E-state index contributed by atoms with van der Waals surface area (Å²) < 4.78 is 4.19. The van der Waals surface area contributed by atoms with E-state index in [4.69, 9.17) is 4.74 Å². The Balaban J connectivity index is 1.64. The molecule has 1 N–H and O–H groups in total. The maximum atomic E-state index is 14.9. The lowest BCUT2D eigenvalue weighted by Gasteiger charge is -2.41. The van der Waals surface area contributed by atoms with Crippen LogP contribution in [0.2, 0.25) is 0 Å². The number of amides is 2. The maximum Gasteiger partial charge on any atom is 0.311 e. The van der Waals surface area contributed by atoms with Crippen LogP contribution in [-0.4, -0.2) is 69.1 Å². The zero-order chi connectivity index (χ0) is 29.5. The molecule has 3 aliphatic rings. The first-order valence-electron chi connectivity index (χ1n) is 14.5. The largest absolute Gasteiger partial charge is 0.461 e. The summed E-state index contributed by atoms with van der Waals surface area (Å²) in [6.07, 6.45) is 5.26. The minimum absolute atomic E-state index is 0.0491. The molecule has 0 radical (unpaired) electrons. The number of ether oxygens (including phenoxy) is 1. The molecule has 1 spiro atoms. The van der Waals surface area contributed by atoms with Gasteiger partial charge < -0.3 is 19.6 Å². The normalized spacial score (nSPS) is 29.7. The van der Waals surface area contributed by atoms with Crippen molar-refractivity contribution in [3.63, 3.8) is 0 Å². The van der Waals surface area contributed by atoms with Gasteiger partial charge in [0.15, 0.2) is 0 Å². The van der Waals surface area contributed by atoms with Crippen molar-refractivity contribution < 1.29 is 24.2 Å². The smallest absolute Gasteiger partial charge is 0.311 e. The monoisotopic (exact) mass is 576 g/mol. The van der Waals surface area contributed by atoms with Crippen LogP contribution in [-0.2, 0) is 19.1 Å². The van der Waals surface area contributed by atoms with E-state index in [-0.39, 0.29) is 37.5 Å². The van der Waals surface area contributed by atoms with Gasteiger partial charge in [-0.25, -0.2) is 0 Å². The second kappa shape index (κ2) is 11.3. The summed E-state index contributed by atoms with van der Waals surface area (Å²) in [7, 11) is 0. The summed E-state index contributed by atoms with van der Waals surface area (Å²) in [5, 5.41) is 12.7. The molecule has 7 nitrogen and oxygen atoms in total. The van der Waals surface area contributed by atoms with Crippen molar-refractivity contribution >= 4 is 46.0 Å². The Morgan fingerprint density at radius 3 is 2.59 bits per heavy atom. The number of likely N-dealkylation sites (tertiary alicyclic amines) is 1. The molecule has 0 saturated carbocycles. The number of fused-ring (bicyclic) bond motifs is 2. The number of hydrogen-bond donors (Lipinski definition) is 1. The molecule has 2 aromatic rings. The van der Waals surface area contributed by atoms with Crippen LogP contribution in [0.4, 0.5) is 5.69 Å². The summed E-state index contributed by atoms with van der Waals surface area (Å²) in [6, 6.07) is 12.5. The molecule has 41 heavy (non-hydrogen) atoms. The number of esters is 1.